The van der Waals surface area contributed by atoms with Crippen LogP contribution in [0.1, 0.15) is 36.0 Å². The van der Waals surface area contributed by atoms with Crippen molar-refractivity contribution in [3.05, 3.63) is 33.9 Å². The van der Waals surface area contributed by atoms with E-state index in [0.29, 0.717) is 30.8 Å². The second-order valence-corrected chi connectivity index (χ2v) is 5.95. The second kappa shape index (κ2) is 5.92. The minimum atomic E-state index is -0.468. The van der Waals surface area contributed by atoms with Gasteiger partial charge in [0.25, 0.3) is 11.6 Å². The van der Waals surface area contributed by atoms with Gasteiger partial charge in [0.1, 0.15) is 5.69 Å². The van der Waals surface area contributed by atoms with Crippen LogP contribution < -0.4 is 10.2 Å². The van der Waals surface area contributed by atoms with Gasteiger partial charge in [0, 0.05) is 30.8 Å². The van der Waals surface area contributed by atoms with Crippen molar-refractivity contribution in [3.8, 4) is 0 Å². The van der Waals surface area contributed by atoms with Gasteiger partial charge in [-0.25, -0.2) is 0 Å². The minimum absolute atomic E-state index is 0.0856. The van der Waals surface area contributed by atoms with E-state index in [4.69, 9.17) is 0 Å². The van der Waals surface area contributed by atoms with E-state index in [0.717, 1.165) is 19.3 Å². The van der Waals surface area contributed by atoms with Crippen molar-refractivity contribution in [1.82, 2.24) is 5.32 Å². The second-order valence-electron chi connectivity index (χ2n) is 5.95. The third-order valence-electron chi connectivity index (χ3n) is 4.08. The summed E-state index contributed by atoms with van der Waals surface area (Å²) in [4.78, 5) is 24.7. The van der Waals surface area contributed by atoms with Crippen molar-refractivity contribution in [2.45, 2.75) is 37.8 Å². The Morgan fingerprint density at radius 2 is 2.14 bits per heavy atom. The van der Waals surface area contributed by atoms with Crippen molar-refractivity contribution < 1.29 is 14.8 Å². The Morgan fingerprint density at radius 1 is 1.36 bits per heavy atom. The van der Waals surface area contributed by atoms with E-state index in [1.807, 2.05) is 4.90 Å². The topological polar surface area (TPSA) is 95.7 Å². The summed E-state index contributed by atoms with van der Waals surface area (Å²) in [5.41, 5.74) is 0.684. The van der Waals surface area contributed by atoms with Crippen LogP contribution in [0.3, 0.4) is 0 Å². The summed E-state index contributed by atoms with van der Waals surface area (Å²) in [6.45, 7) is 1.06. The zero-order chi connectivity index (χ0) is 15.7. The molecule has 7 nitrogen and oxygen atoms in total. The summed E-state index contributed by atoms with van der Waals surface area (Å²) in [5, 5.41) is 23.9. The lowest BCUT2D eigenvalue weighted by atomic mass is 10.1. The summed E-state index contributed by atoms with van der Waals surface area (Å²) >= 11 is 0. The molecule has 1 atom stereocenters. The highest BCUT2D eigenvalue weighted by molar-refractivity contribution is 5.96. The van der Waals surface area contributed by atoms with Crippen molar-refractivity contribution in [1.29, 1.82) is 0 Å². The maximum absolute atomic E-state index is 12.0. The van der Waals surface area contributed by atoms with Crippen LogP contribution >= 0.6 is 0 Å². The van der Waals surface area contributed by atoms with Gasteiger partial charge in [0.15, 0.2) is 0 Å². The normalized spacial score (nSPS) is 21.5. The predicted octanol–water partition coefficient (Wildman–Crippen LogP) is 1.45. The quantitative estimate of drug-likeness (QED) is 0.648. The largest absolute Gasteiger partial charge is 0.391 e. The fourth-order valence-corrected chi connectivity index (χ4v) is 2.75. The lowest BCUT2D eigenvalue weighted by molar-refractivity contribution is -0.384. The molecule has 7 heteroatoms. The van der Waals surface area contributed by atoms with Crippen molar-refractivity contribution in [2.75, 3.05) is 18.0 Å². The molecule has 3 rings (SSSR count). The summed E-state index contributed by atoms with van der Waals surface area (Å²) < 4.78 is 0. The Bertz CT molecular complexity index is 600. The molecule has 22 heavy (non-hydrogen) atoms. The van der Waals surface area contributed by atoms with Crippen LogP contribution in [0.15, 0.2) is 18.2 Å². The zero-order valence-corrected chi connectivity index (χ0v) is 12.2. The number of nitro groups is 1. The Balaban J connectivity index is 1.86. The first-order valence-electron chi connectivity index (χ1n) is 7.57. The SMILES string of the molecule is O=C(NC1CC1)c1ccc(N2CCCC(O)C2)c([N+](=O)[O-])c1. The highest BCUT2D eigenvalue weighted by Gasteiger charge is 2.27. The number of nitrogens with one attached hydrogen (secondary N) is 1. The van der Waals surface area contributed by atoms with E-state index in [9.17, 15) is 20.0 Å². The van der Waals surface area contributed by atoms with Gasteiger partial charge in [0.2, 0.25) is 0 Å². The number of carbonyl (C=O) groups is 1. The summed E-state index contributed by atoms with van der Waals surface area (Å²) in [5.74, 6) is -0.268. The molecule has 1 saturated heterocycles. The molecule has 0 aromatic heterocycles. The van der Waals surface area contributed by atoms with Crippen molar-refractivity contribution >= 4 is 17.3 Å². The molecule has 1 unspecified atom stereocenters. The average molecular weight is 305 g/mol. The average Bonchev–Trinajstić information content (AvgIpc) is 3.30. The van der Waals surface area contributed by atoms with Crippen LogP contribution in [0.5, 0.6) is 0 Å². The molecule has 0 radical (unpaired) electrons. The highest BCUT2D eigenvalue weighted by atomic mass is 16.6. The number of hydrogen-bond acceptors (Lipinski definition) is 5. The standard InChI is InChI=1S/C15H19N3O4/c19-12-2-1-7-17(9-12)13-6-3-10(8-14(13)18(21)22)15(20)16-11-4-5-11/h3,6,8,11-12,19H,1-2,4-5,7,9H2,(H,16,20). The first kappa shape index (κ1) is 14.8. The number of amides is 1. The minimum Gasteiger partial charge on any atom is -0.391 e. The predicted molar refractivity (Wildman–Crippen MR) is 81.0 cm³/mol. The van der Waals surface area contributed by atoms with Gasteiger partial charge in [-0.05, 0) is 37.8 Å². The van der Waals surface area contributed by atoms with Crippen LogP contribution in [-0.2, 0) is 0 Å². The van der Waals surface area contributed by atoms with Crippen molar-refractivity contribution in [2.24, 2.45) is 0 Å². The summed E-state index contributed by atoms with van der Waals surface area (Å²) in [6.07, 6.45) is 2.98. The fourth-order valence-electron chi connectivity index (χ4n) is 2.75. The number of aliphatic hydroxyl groups excluding tert-OH is 1. The number of nitro benzene ring substituents is 1. The number of nitrogens with zero attached hydrogens (tertiary/aromatic N) is 2. The first-order valence-corrected chi connectivity index (χ1v) is 7.57. The number of β-amino-alcohol motifs (C(OH)–C–C–N with tert-alkyl or cyclic N) is 1. The molecule has 0 spiro atoms. The number of piperidine rings is 1. The molecule has 2 N–H and O–H groups in total. The molecule has 1 amide bonds. The third-order valence-corrected chi connectivity index (χ3v) is 4.08. The molecule has 1 aliphatic heterocycles. The molecule has 1 aromatic rings. The molecule has 0 bridgehead atoms. The molecule has 1 aliphatic carbocycles. The van der Waals surface area contributed by atoms with Gasteiger partial charge < -0.3 is 15.3 Å². The number of rotatable bonds is 4. The molecule has 2 aliphatic rings. The monoisotopic (exact) mass is 305 g/mol. The molecule has 118 valence electrons. The summed E-state index contributed by atoms with van der Waals surface area (Å²) in [6, 6.07) is 4.76. The van der Waals surface area contributed by atoms with Gasteiger partial charge >= 0.3 is 0 Å². The van der Waals surface area contributed by atoms with Gasteiger partial charge in [-0.2, -0.15) is 0 Å². The van der Waals surface area contributed by atoms with E-state index in [-0.39, 0.29) is 17.6 Å². The number of hydrogen-bond donors (Lipinski definition) is 2. The van der Waals surface area contributed by atoms with E-state index in [1.54, 1.807) is 12.1 Å². The van der Waals surface area contributed by atoms with Crippen LogP contribution in [0.25, 0.3) is 0 Å². The maximum Gasteiger partial charge on any atom is 0.293 e. The molecular weight excluding hydrogens is 286 g/mol. The van der Waals surface area contributed by atoms with E-state index in [1.165, 1.54) is 6.07 Å². The van der Waals surface area contributed by atoms with Crippen LogP contribution in [0, 0.1) is 10.1 Å². The molecule has 1 aromatic carbocycles. The number of aliphatic hydroxyl groups is 1. The fraction of sp³-hybridized carbons (Fsp3) is 0.533. The smallest absolute Gasteiger partial charge is 0.293 e. The van der Waals surface area contributed by atoms with E-state index in [2.05, 4.69) is 5.32 Å². The number of anilines is 1. The number of carbonyl (C=O) groups excluding carboxylic acids is 1. The van der Waals surface area contributed by atoms with Crippen molar-refractivity contribution in [3.63, 3.8) is 0 Å². The zero-order valence-electron chi connectivity index (χ0n) is 12.2. The summed E-state index contributed by atoms with van der Waals surface area (Å²) in [7, 11) is 0. The molecular formula is C15H19N3O4. The maximum atomic E-state index is 12.0. The van der Waals surface area contributed by atoms with Gasteiger partial charge in [-0.15, -0.1) is 0 Å². The lowest BCUT2D eigenvalue weighted by Crippen LogP contribution is -2.38. The third kappa shape index (κ3) is 3.19. The van der Waals surface area contributed by atoms with Gasteiger partial charge in [-0.1, -0.05) is 0 Å². The Labute approximate surface area is 128 Å². The lowest BCUT2D eigenvalue weighted by Gasteiger charge is -2.31. The van der Waals surface area contributed by atoms with Gasteiger partial charge in [0.05, 0.1) is 11.0 Å². The highest BCUT2D eigenvalue weighted by Crippen LogP contribution is 2.31. The van der Waals surface area contributed by atoms with E-state index >= 15 is 0 Å². The van der Waals surface area contributed by atoms with Crippen LogP contribution in [0.4, 0.5) is 11.4 Å². The first-order chi connectivity index (χ1) is 10.5. The number of benzene rings is 1. The Morgan fingerprint density at radius 3 is 2.77 bits per heavy atom. The molecule has 1 saturated carbocycles. The Kier molecular flexibility index (Phi) is 3.98. The van der Waals surface area contributed by atoms with Gasteiger partial charge in [-0.3, -0.25) is 14.9 Å². The molecule has 1 heterocycles. The Hall–Kier alpha value is -2.15. The van der Waals surface area contributed by atoms with Crippen LogP contribution in [0.2, 0.25) is 0 Å². The molecule has 2 fully saturated rings. The van der Waals surface area contributed by atoms with Crippen LogP contribution in [-0.4, -0.2) is 41.2 Å². The van der Waals surface area contributed by atoms with E-state index < -0.39 is 11.0 Å².